The molecule has 0 atom stereocenters. The van der Waals surface area contributed by atoms with Crippen LogP contribution in [0.4, 0.5) is 5.82 Å². The number of aryl methyl sites for hydroxylation is 1. The quantitative estimate of drug-likeness (QED) is 0.606. The number of thiazole rings is 1. The van der Waals surface area contributed by atoms with Crippen LogP contribution in [0, 0.1) is 0 Å². The number of amides is 1. The summed E-state index contributed by atoms with van der Waals surface area (Å²) in [6, 6.07) is 8.52. The van der Waals surface area contributed by atoms with Crippen LogP contribution in [0.2, 0.25) is 0 Å². The number of carbonyl (C=O) groups excluding carboxylic acids is 1. The second kappa shape index (κ2) is 5.71. The van der Waals surface area contributed by atoms with Crippen LogP contribution >= 0.6 is 11.3 Å². The molecule has 0 aliphatic carbocycles. The number of ether oxygens (including phenoxy) is 1. The van der Waals surface area contributed by atoms with Gasteiger partial charge in [-0.2, -0.15) is 5.10 Å². The second-order valence-corrected chi connectivity index (χ2v) is 6.36. The topological polar surface area (TPSA) is 90.5 Å². The molecule has 3 heterocycles. The van der Waals surface area contributed by atoms with E-state index >= 15 is 0 Å². The summed E-state index contributed by atoms with van der Waals surface area (Å²) in [4.78, 5) is 28.8. The molecule has 4 rings (SSSR count). The first-order valence-corrected chi connectivity index (χ1v) is 8.18. The Hall–Kier alpha value is -3.20. The number of benzene rings is 1. The maximum absolute atomic E-state index is 12.4. The predicted molar refractivity (Wildman–Crippen MR) is 94.6 cm³/mol. The number of hydrogen-bond donors (Lipinski definition) is 1. The van der Waals surface area contributed by atoms with E-state index in [0.29, 0.717) is 4.96 Å². The summed E-state index contributed by atoms with van der Waals surface area (Å²) in [5.41, 5.74) is 0.981. The minimum atomic E-state index is -0.385. The zero-order valence-electron chi connectivity index (χ0n) is 13.4. The molecule has 0 saturated carbocycles. The van der Waals surface area contributed by atoms with Crippen LogP contribution < -0.4 is 15.6 Å². The van der Waals surface area contributed by atoms with Crippen molar-refractivity contribution in [3.63, 3.8) is 0 Å². The number of fused-ring (bicyclic) bond motifs is 3. The van der Waals surface area contributed by atoms with E-state index in [1.54, 1.807) is 13.3 Å². The monoisotopic (exact) mass is 355 g/mol. The molecule has 0 aliphatic heterocycles. The van der Waals surface area contributed by atoms with Crippen LogP contribution in [-0.4, -0.2) is 32.2 Å². The number of nitrogens with one attached hydrogen (secondary N) is 1. The number of methoxy groups -OCH3 is 1. The lowest BCUT2D eigenvalue weighted by molar-refractivity contribution is 0.102. The zero-order valence-corrected chi connectivity index (χ0v) is 14.2. The summed E-state index contributed by atoms with van der Waals surface area (Å²) in [6.07, 6.45) is 1.68. The lowest BCUT2D eigenvalue weighted by Crippen LogP contribution is -2.21. The van der Waals surface area contributed by atoms with Crippen molar-refractivity contribution in [3.05, 3.63) is 52.6 Å². The first-order chi connectivity index (χ1) is 12.0. The highest BCUT2D eigenvalue weighted by Crippen LogP contribution is 2.29. The highest BCUT2D eigenvalue weighted by Gasteiger charge is 2.15. The maximum Gasteiger partial charge on any atom is 0.277 e. The molecule has 0 unspecified atom stereocenters. The SMILES string of the molecule is COc1ccc2c(c1)sc1nc(C(=O)Nc3ccc(=O)n(C)n3)cn12. The van der Waals surface area contributed by atoms with Crippen LogP contribution in [0.25, 0.3) is 15.2 Å². The zero-order chi connectivity index (χ0) is 17.6. The Morgan fingerprint density at radius 1 is 1.28 bits per heavy atom. The molecule has 8 nitrogen and oxygen atoms in total. The Kier molecular flexibility index (Phi) is 3.50. The third-order valence-corrected chi connectivity index (χ3v) is 4.75. The second-order valence-electron chi connectivity index (χ2n) is 5.35. The highest BCUT2D eigenvalue weighted by molar-refractivity contribution is 7.23. The van der Waals surface area contributed by atoms with Crippen LogP contribution in [0.1, 0.15) is 10.5 Å². The van der Waals surface area contributed by atoms with Crippen molar-refractivity contribution in [2.24, 2.45) is 7.05 Å². The standard InChI is InChI=1S/C16H13N5O3S/c1-20-14(22)6-5-13(19-20)18-15(23)10-8-21-11-4-3-9(24-2)7-12(11)25-16(21)17-10/h3-8H,1-2H3,(H,18,19,23). The van der Waals surface area contributed by atoms with E-state index in [1.165, 1.54) is 30.5 Å². The van der Waals surface area contributed by atoms with Gasteiger partial charge in [-0.3, -0.25) is 14.0 Å². The molecule has 0 spiro atoms. The van der Waals surface area contributed by atoms with E-state index in [1.807, 2.05) is 22.6 Å². The van der Waals surface area contributed by atoms with Crippen LogP contribution in [-0.2, 0) is 7.05 Å². The number of aromatic nitrogens is 4. The molecule has 126 valence electrons. The molecule has 1 N–H and O–H groups in total. The largest absolute Gasteiger partial charge is 0.497 e. The fourth-order valence-electron chi connectivity index (χ4n) is 2.47. The molecule has 4 aromatic rings. The number of carbonyl (C=O) groups is 1. The summed E-state index contributed by atoms with van der Waals surface area (Å²) >= 11 is 1.47. The maximum atomic E-state index is 12.4. The number of anilines is 1. The number of imidazole rings is 1. The molecular formula is C16H13N5O3S. The number of hydrogen-bond acceptors (Lipinski definition) is 6. The van der Waals surface area contributed by atoms with E-state index in [0.717, 1.165) is 20.6 Å². The van der Waals surface area contributed by atoms with Crippen molar-refractivity contribution < 1.29 is 9.53 Å². The van der Waals surface area contributed by atoms with Gasteiger partial charge in [0.2, 0.25) is 0 Å². The van der Waals surface area contributed by atoms with Crippen molar-refractivity contribution in [2.45, 2.75) is 0 Å². The van der Waals surface area contributed by atoms with Crippen molar-refractivity contribution in [1.29, 1.82) is 0 Å². The molecule has 3 aromatic heterocycles. The summed E-state index contributed by atoms with van der Waals surface area (Å²) in [5, 5.41) is 6.62. The van der Waals surface area contributed by atoms with Gasteiger partial charge < -0.3 is 10.1 Å². The molecular weight excluding hydrogens is 342 g/mol. The van der Waals surface area contributed by atoms with Crippen LogP contribution in [0.3, 0.4) is 0 Å². The lowest BCUT2D eigenvalue weighted by Gasteiger charge is -2.03. The molecule has 0 aliphatic rings. The highest BCUT2D eigenvalue weighted by atomic mass is 32.1. The van der Waals surface area contributed by atoms with Gasteiger partial charge in [0.1, 0.15) is 11.4 Å². The van der Waals surface area contributed by atoms with Gasteiger partial charge in [-0.15, -0.1) is 0 Å². The fraction of sp³-hybridized carbons (Fsp3) is 0.125. The minimum absolute atomic E-state index is 0.248. The third-order valence-electron chi connectivity index (χ3n) is 3.74. The first kappa shape index (κ1) is 15.3. The number of nitrogens with zero attached hydrogens (tertiary/aromatic N) is 4. The van der Waals surface area contributed by atoms with E-state index in [4.69, 9.17) is 4.74 Å². The van der Waals surface area contributed by atoms with Crippen molar-refractivity contribution in [3.8, 4) is 5.75 Å². The van der Waals surface area contributed by atoms with Gasteiger partial charge in [0.25, 0.3) is 11.5 Å². The Morgan fingerprint density at radius 3 is 2.88 bits per heavy atom. The summed E-state index contributed by atoms with van der Waals surface area (Å²) in [6.45, 7) is 0. The van der Waals surface area contributed by atoms with Gasteiger partial charge in [-0.05, 0) is 24.3 Å². The summed E-state index contributed by atoms with van der Waals surface area (Å²) < 4.78 is 9.26. The first-order valence-electron chi connectivity index (χ1n) is 7.36. The van der Waals surface area contributed by atoms with Crippen LogP contribution in [0.5, 0.6) is 5.75 Å². The lowest BCUT2D eigenvalue weighted by atomic mass is 10.3. The summed E-state index contributed by atoms with van der Waals surface area (Å²) in [5.74, 6) is 0.678. The van der Waals surface area contributed by atoms with Gasteiger partial charge in [0, 0.05) is 19.3 Å². The van der Waals surface area contributed by atoms with Crippen molar-refractivity contribution in [1.82, 2.24) is 19.2 Å². The minimum Gasteiger partial charge on any atom is -0.497 e. The molecule has 0 fully saturated rings. The fourth-order valence-corrected chi connectivity index (χ4v) is 3.50. The van der Waals surface area contributed by atoms with Gasteiger partial charge >= 0.3 is 0 Å². The molecule has 9 heteroatoms. The Balaban J connectivity index is 1.67. The average Bonchev–Trinajstić information content (AvgIpc) is 3.15. The normalized spacial score (nSPS) is 11.1. The molecule has 0 saturated heterocycles. The molecule has 25 heavy (non-hydrogen) atoms. The van der Waals surface area contributed by atoms with E-state index in [-0.39, 0.29) is 23.0 Å². The Bertz CT molecular complexity index is 1170. The Morgan fingerprint density at radius 2 is 2.12 bits per heavy atom. The summed E-state index contributed by atoms with van der Waals surface area (Å²) in [7, 11) is 3.14. The van der Waals surface area contributed by atoms with Gasteiger partial charge in [-0.25, -0.2) is 9.67 Å². The third kappa shape index (κ3) is 2.64. The number of rotatable bonds is 3. The van der Waals surface area contributed by atoms with Gasteiger partial charge in [0.05, 0.1) is 17.3 Å². The smallest absolute Gasteiger partial charge is 0.277 e. The molecule has 0 radical (unpaired) electrons. The van der Waals surface area contributed by atoms with Gasteiger partial charge in [0.15, 0.2) is 10.8 Å². The van der Waals surface area contributed by atoms with Crippen molar-refractivity contribution in [2.75, 3.05) is 12.4 Å². The van der Waals surface area contributed by atoms with Crippen molar-refractivity contribution >= 4 is 38.2 Å². The molecule has 0 bridgehead atoms. The van der Waals surface area contributed by atoms with E-state index in [2.05, 4.69) is 15.4 Å². The molecule has 1 amide bonds. The average molecular weight is 355 g/mol. The predicted octanol–water partition coefficient (Wildman–Crippen LogP) is 1.90. The van der Waals surface area contributed by atoms with E-state index in [9.17, 15) is 9.59 Å². The van der Waals surface area contributed by atoms with E-state index < -0.39 is 0 Å². The Labute approximate surface area is 145 Å². The van der Waals surface area contributed by atoms with Crippen LogP contribution in [0.15, 0.2) is 41.3 Å². The molecule has 1 aromatic carbocycles. The van der Waals surface area contributed by atoms with Gasteiger partial charge in [-0.1, -0.05) is 11.3 Å².